The number of amides is 1. The number of aryl methyl sites for hydroxylation is 1. The van der Waals surface area contributed by atoms with Gasteiger partial charge in [0.05, 0.1) is 11.0 Å². The Morgan fingerprint density at radius 3 is 2.75 bits per heavy atom. The number of nitrogens with zero attached hydrogens (tertiary/aromatic N) is 2. The number of nitrogens with one attached hydrogen (secondary N) is 1. The molecule has 1 unspecified atom stereocenters. The van der Waals surface area contributed by atoms with Crippen LogP contribution in [0.25, 0.3) is 0 Å². The second-order valence-corrected chi connectivity index (χ2v) is 5.58. The Labute approximate surface area is 116 Å². The molecule has 1 saturated heterocycles. The van der Waals surface area contributed by atoms with E-state index in [-0.39, 0.29) is 17.6 Å². The molecule has 0 radical (unpaired) electrons. The lowest BCUT2D eigenvalue weighted by atomic mass is 10.1. The van der Waals surface area contributed by atoms with E-state index < -0.39 is 4.92 Å². The zero-order valence-electron chi connectivity index (χ0n) is 11.3. The average Bonchev–Trinajstić information content (AvgIpc) is 3.16. The van der Waals surface area contributed by atoms with Crippen LogP contribution in [0.5, 0.6) is 0 Å². The van der Waals surface area contributed by atoms with Crippen molar-refractivity contribution in [2.24, 2.45) is 0 Å². The number of carbonyl (C=O) groups is 1. The molecule has 106 valence electrons. The van der Waals surface area contributed by atoms with Crippen molar-refractivity contribution in [1.82, 2.24) is 4.90 Å². The molecular weight excluding hydrogens is 258 g/mol. The first-order valence-electron chi connectivity index (χ1n) is 6.85. The maximum atomic E-state index is 11.9. The molecule has 0 bridgehead atoms. The topological polar surface area (TPSA) is 75.5 Å². The summed E-state index contributed by atoms with van der Waals surface area (Å²) < 4.78 is 0. The maximum absolute atomic E-state index is 11.9. The molecule has 0 spiro atoms. The van der Waals surface area contributed by atoms with E-state index in [2.05, 4.69) is 5.32 Å². The molecular formula is C14H17N3O3. The van der Waals surface area contributed by atoms with Crippen molar-refractivity contribution >= 4 is 17.3 Å². The molecule has 1 aliphatic carbocycles. The van der Waals surface area contributed by atoms with Crippen LogP contribution < -0.4 is 5.32 Å². The minimum atomic E-state index is -0.398. The lowest BCUT2D eigenvalue weighted by Gasteiger charge is -2.17. The molecule has 6 nitrogen and oxygen atoms in total. The number of carbonyl (C=O) groups excluding carboxylic acids is 1. The van der Waals surface area contributed by atoms with Gasteiger partial charge in [0.25, 0.3) is 5.69 Å². The molecule has 1 aromatic carbocycles. The Morgan fingerprint density at radius 1 is 1.40 bits per heavy atom. The largest absolute Gasteiger partial charge is 0.380 e. The first kappa shape index (κ1) is 12.9. The molecule has 1 aliphatic heterocycles. The molecule has 0 aromatic heterocycles. The Kier molecular flexibility index (Phi) is 3.08. The quantitative estimate of drug-likeness (QED) is 0.674. The molecule has 2 aliphatic rings. The Morgan fingerprint density at radius 2 is 2.15 bits per heavy atom. The average molecular weight is 275 g/mol. The number of benzene rings is 1. The van der Waals surface area contributed by atoms with Gasteiger partial charge in [0, 0.05) is 36.8 Å². The zero-order chi connectivity index (χ0) is 14.3. The maximum Gasteiger partial charge on any atom is 0.269 e. The van der Waals surface area contributed by atoms with Gasteiger partial charge in [0.15, 0.2) is 0 Å². The summed E-state index contributed by atoms with van der Waals surface area (Å²) in [5.74, 6) is 0.213. The third-order valence-electron chi connectivity index (χ3n) is 3.93. The van der Waals surface area contributed by atoms with Crippen LogP contribution in [-0.4, -0.2) is 34.4 Å². The fourth-order valence-electron chi connectivity index (χ4n) is 2.71. The molecule has 20 heavy (non-hydrogen) atoms. The SMILES string of the molecule is Cc1cc([N+](=O)[O-])ccc1NC1CC(=O)N(C2CC2)C1. The summed E-state index contributed by atoms with van der Waals surface area (Å²) in [5, 5.41) is 14.0. The number of anilines is 1. The number of hydrogen-bond donors (Lipinski definition) is 1. The summed E-state index contributed by atoms with van der Waals surface area (Å²) in [6.45, 7) is 2.57. The van der Waals surface area contributed by atoms with Crippen molar-refractivity contribution in [1.29, 1.82) is 0 Å². The summed E-state index contributed by atoms with van der Waals surface area (Å²) >= 11 is 0. The van der Waals surface area contributed by atoms with E-state index in [1.165, 1.54) is 6.07 Å². The van der Waals surface area contributed by atoms with E-state index in [1.807, 2.05) is 11.8 Å². The predicted octanol–water partition coefficient (Wildman–Crippen LogP) is 2.08. The third kappa shape index (κ3) is 2.45. The highest BCUT2D eigenvalue weighted by Crippen LogP contribution is 2.32. The van der Waals surface area contributed by atoms with Gasteiger partial charge < -0.3 is 10.2 Å². The normalized spacial score (nSPS) is 22.1. The number of hydrogen-bond acceptors (Lipinski definition) is 4. The van der Waals surface area contributed by atoms with Crippen LogP contribution in [-0.2, 0) is 4.79 Å². The van der Waals surface area contributed by atoms with Crippen molar-refractivity contribution in [2.75, 3.05) is 11.9 Å². The van der Waals surface area contributed by atoms with Crippen LogP contribution in [0.15, 0.2) is 18.2 Å². The highest BCUT2D eigenvalue weighted by atomic mass is 16.6. The van der Waals surface area contributed by atoms with E-state index in [1.54, 1.807) is 12.1 Å². The zero-order valence-corrected chi connectivity index (χ0v) is 11.3. The summed E-state index contributed by atoms with van der Waals surface area (Å²) in [4.78, 5) is 24.2. The number of nitro groups is 1. The van der Waals surface area contributed by atoms with Crippen LogP contribution in [0.1, 0.15) is 24.8 Å². The number of likely N-dealkylation sites (tertiary alicyclic amines) is 1. The van der Waals surface area contributed by atoms with Crippen molar-refractivity contribution < 1.29 is 9.72 Å². The van der Waals surface area contributed by atoms with Gasteiger partial charge in [-0.25, -0.2) is 0 Å². The molecule has 1 amide bonds. The van der Waals surface area contributed by atoms with Crippen LogP contribution in [0, 0.1) is 17.0 Å². The van der Waals surface area contributed by atoms with Crippen molar-refractivity contribution in [3.05, 3.63) is 33.9 Å². The van der Waals surface area contributed by atoms with Crippen molar-refractivity contribution in [3.63, 3.8) is 0 Å². The minimum Gasteiger partial charge on any atom is -0.380 e. The molecule has 2 fully saturated rings. The molecule has 1 atom stereocenters. The monoisotopic (exact) mass is 275 g/mol. The fraction of sp³-hybridized carbons (Fsp3) is 0.500. The van der Waals surface area contributed by atoms with Gasteiger partial charge in [-0.3, -0.25) is 14.9 Å². The van der Waals surface area contributed by atoms with E-state index >= 15 is 0 Å². The molecule has 1 heterocycles. The number of nitro benzene ring substituents is 1. The van der Waals surface area contributed by atoms with Gasteiger partial charge in [0.2, 0.25) is 5.91 Å². The lowest BCUT2D eigenvalue weighted by Crippen LogP contribution is -2.29. The van der Waals surface area contributed by atoms with Gasteiger partial charge >= 0.3 is 0 Å². The number of rotatable bonds is 4. The van der Waals surface area contributed by atoms with Crippen LogP contribution >= 0.6 is 0 Å². The second kappa shape index (κ2) is 4.77. The summed E-state index contributed by atoms with van der Waals surface area (Å²) in [5.41, 5.74) is 1.79. The summed E-state index contributed by atoms with van der Waals surface area (Å²) in [6.07, 6.45) is 2.75. The van der Waals surface area contributed by atoms with E-state index in [4.69, 9.17) is 0 Å². The van der Waals surface area contributed by atoms with Gasteiger partial charge in [-0.2, -0.15) is 0 Å². The van der Waals surface area contributed by atoms with E-state index in [0.29, 0.717) is 12.5 Å². The van der Waals surface area contributed by atoms with Gasteiger partial charge in [-0.15, -0.1) is 0 Å². The Hall–Kier alpha value is -2.11. The number of non-ortho nitro benzene ring substituents is 1. The van der Waals surface area contributed by atoms with Gasteiger partial charge in [-0.05, 0) is 31.4 Å². The first-order chi connectivity index (χ1) is 9.54. The Bertz CT molecular complexity index is 569. The molecule has 1 N–H and O–H groups in total. The van der Waals surface area contributed by atoms with E-state index in [0.717, 1.165) is 30.6 Å². The fourth-order valence-corrected chi connectivity index (χ4v) is 2.71. The molecule has 6 heteroatoms. The summed E-state index contributed by atoms with van der Waals surface area (Å²) in [6, 6.07) is 5.32. The van der Waals surface area contributed by atoms with E-state index in [9.17, 15) is 14.9 Å². The highest BCUT2D eigenvalue weighted by Gasteiger charge is 2.39. The minimum absolute atomic E-state index is 0.0927. The van der Waals surface area contributed by atoms with Crippen molar-refractivity contribution in [3.8, 4) is 0 Å². The Balaban J connectivity index is 1.69. The van der Waals surface area contributed by atoms with Crippen LogP contribution in [0.2, 0.25) is 0 Å². The van der Waals surface area contributed by atoms with Gasteiger partial charge in [-0.1, -0.05) is 0 Å². The lowest BCUT2D eigenvalue weighted by molar-refractivity contribution is -0.384. The highest BCUT2D eigenvalue weighted by molar-refractivity contribution is 5.80. The third-order valence-corrected chi connectivity index (χ3v) is 3.93. The predicted molar refractivity (Wildman–Crippen MR) is 74.6 cm³/mol. The molecule has 1 saturated carbocycles. The summed E-state index contributed by atoms with van der Waals surface area (Å²) in [7, 11) is 0. The standard InChI is InChI=1S/C14H17N3O3/c1-9-6-12(17(19)20)4-5-13(9)15-10-7-14(18)16(8-10)11-2-3-11/h4-6,10-11,15H,2-3,7-8H2,1H3. The first-order valence-corrected chi connectivity index (χ1v) is 6.85. The van der Waals surface area contributed by atoms with Crippen molar-refractivity contribution in [2.45, 2.75) is 38.3 Å². The van der Waals surface area contributed by atoms with Crippen LogP contribution in [0.3, 0.4) is 0 Å². The smallest absolute Gasteiger partial charge is 0.269 e. The molecule has 1 aromatic rings. The van der Waals surface area contributed by atoms with Crippen LogP contribution in [0.4, 0.5) is 11.4 Å². The van der Waals surface area contributed by atoms with Gasteiger partial charge in [0.1, 0.15) is 0 Å². The second-order valence-electron chi connectivity index (χ2n) is 5.58. The molecule has 3 rings (SSSR count).